The van der Waals surface area contributed by atoms with Gasteiger partial charge in [-0.2, -0.15) is 0 Å². The smallest absolute Gasteiger partial charge is 0.469 e. The third kappa shape index (κ3) is 5.38. The Morgan fingerprint density at radius 1 is 1.35 bits per heavy atom. The second-order valence-electron chi connectivity index (χ2n) is 4.39. The van der Waals surface area contributed by atoms with Crippen molar-refractivity contribution in [3.05, 3.63) is 36.8 Å². The zero-order chi connectivity index (χ0) is 15.3. The van der Waals surface area contributed by atoms with E-state index in [2.05, 4.69) is 22.6 Å². The standard InChI is InChI=1S/C13H16F3NO3/c1-9(4-5-10(2)20-13(14,15)16)17-7-11(8-17)6-12(18)19-3/h4-5,11H,1-2,6-8H2,3H3/b5-4-. The highest BCUT2D eigenvalue weighted by atomic mass is 19.4. The Morgan fingerprint density at radius 3 is 2.45 bits per heavy atom. The van der Waals surface area contributed by atoms with Crippen LogP contribution >= 0.6 is 0 Å². The van der Waals surface area contributed by atoms with Crippen molar-refractivity contribution in [1.29, 1.82) is 0 Å². The van der Waals surface area contributed by atoms with Gasteiger partial charge in [-0.3, -0.25) is 4.79 Å². The van der Waals surface area contributed by atoms with Gasteiger partial charge < -0.3 is 14.4 Å². The van der Waals surface area contributed by atoms with E-state index >= 15 is 0 Å². The van der Waals surface area contributed by atoms with Crippen LogP contribution in [0.15, 0.2) is 36.8 Å². The molecule has 0 unspecified atom stereocenters. The molecule has 1 fully saturated rings. The van der Waals surface area contributed by atoms with E-state index in [1.54, 1.807) is 0 Å². The third-order valence-electron chi connectivity index (χ3n) is 2.75. The minimum absolute atomic E-state index is 0.183. The van der Waals surface area contributed by atoms with Gasteiger partial charge in [0.2, 0.25) is 0 Å². The second-order valence-corrected chi connectivity index (χ2v) is 4.39. The van der Waals surface area contributed by atoms with Crippen LogP contribution in [0.5, 0.6) is 0 Å². The molecule has 0 aromatic carbocycles. The van der Waals surface area contributed by atoms with Gasteiger partial charge in [-0.25, -0.2) is 0 Å². The number of alkyl halides is 3. The first-order chi connectivity index (χ1) is 9.21. The summed E-state index contributed by atoms with van der Waals surface area (Å²) in [5.41, 5.74) is 0.540. The molecule has 0 amide bonds. The van der Waals surface area contributed by atoms with E-state index in [1.807, 2.05) is 4.90 Å². The topological polar surface area (TPSA) is 38.8 Å². The number of esters is 1. The number of hydrogen-bond acceptors (Lipinski definition) is 4. The number of carbonyl (C=O) groups is 1. The summed E-state index contributed by atoms with van der Waals surface area (Å²) in [6.07, 6.45) is -1.93. The summed E-state index contributed by atoms with van der Waals surface area (Å²) in [5.74, 6) is -0.602. The van der Waals surface area contributed by atoms with Crippen LogP contribution in [-0.2, 0) is 14.3 Å². The van der Waals surface area contributed by atoms with Crippen molar-refractivity contribution in [1.82, 2.24) is 4.90 Å². The van der Waals surface area contributed by atoms with E-state index in [-0.39, 0.29) is 11.9 Å². The lowest BCUT2D eigenvalue weighted by molar-refractivity contribution is -0.303. The molecule has 1 heterocycles. The molecule has 7 heteroatoms. The third-order valence-corrected chi connectivity index (χ3v) is 2.75. The minimum Gasteiger partial charge on any atom is -0.469 e. The Balaban J connectivity index is 2.32. The molecule has 0 aromatic heterocycles. The van der Waals surface area contributed by atoms with Gasteiger partial charge in [0.25, 0.3) is 0 Å². The van der Waals surface area contributed by atoms with Gasteiger partial charge in [-0.1, -0.05) is 13.2 Å². The van der Waals surface area contributed by atoms with Gasteiger partial charge in [0.05, 0.1) is 13.5 Å². The van der Waals surface area contributed by atoms with Crippen LogP contribution in [0.1, 0.15) is 6.42 Å². The number of likely N-dealkylation sites (tertiary alicyclic amines) is 1. The van der Waals surface area contributed by atoms with Gasteiger partial charge in [-0.05, 0) is 12.2 Å². The molecule has 1 saturated heterocycles. The Bertz CT molecular complexity index is 423. The Kier molecular flexibility index (Phi) is 5.24. The zero-order valence-electron chi connectivity index (χ0n) is 11.1. The zero-order valence-corrected chi connectivity index (χ0v) is 11.1. The van der Waals surface area contributed by atoms with E-state index < -0.39 is 12.1 Å². The number of halogens is 3. The number of allylic oxidation sites excluding steroid dienone is 2. The molecule has 0 radical (unpaired) electrons. The molecule has 4 nitrogen and oxygen atoms in total. The predicted molar refractivity (Wildman–Crippen MR) is 66.3 cm³/mol. The van der Waals surface area contributed by atoms with Gasteiger partial charge in [-0.15, -0.1) is 13.2 Å². The molecule has 0 N–H and O–H groups in total. The first-order valence-corrected chi connectivity index (χ1v) is 5.84. The van der Waals surface area contributed by atoms with Crippen molar-refractivity contribution in [2.24, 2.45) is 5.92 Å². The molecule has 0 aliphatic carbocycles. The molecule has 0 bridgehead atoms. The molecular formula is C13H16F3NO3. The number of rotatable bonds is 6. The summed E-state index contributed by atoms with van der Waals surface area (Å²) < 4.78 is 43.8. The first-order valence-electron chi connectivity index (χ1n) is 5.84. The maximum absolute atomic E-state index is 11.9. The van der Waals surface area contributed by atoms with Crippen molar-refractivity contribution in [3.63, 3.8) is 0 Å². The van der Waals surface area contributed by atoms with E-state index in [1.165, 1.54) is 13.2 Å². The molecule has 0 aromatic rings. The monoisotopic (exact) mass is 291 g/mol. The number of hydrogen-bond donors (Lipinski definition) is 0. The maximum Gasteiger partial charge on any atom is 0.573 e. The predicted octanol–water partition coefficient (Wildman–Crippen LogP) is 2.60. The molecule has 0 spiro atoms. The summed E-state index contributed by atoms with van der Waals surface area (Å²) in [7, 11) is 1.33. The Hall–Kier alpha value is -1.92. The van der Waals surface area contributed by atoms with Crippen molar-refractivity contribution >= 4 is 5.97 Å². The fraction of sp³-hybridized carbons (Fsp3) is 0.462. The molecule has 1 aliphatic rings. The van der Waals surface area contributed by atoms with Crippen LogP contribution in [0.2, 0.25) is 0 Å². The van der Waals surface area contributed by atoms with Crippen molar-refractivity contribution in [3.8, 4) is 0 Å². The van der Waals surface area contributed by atoms with Crippen molar-refractivity contribution < 1.29 is 27.4 Å². The Labute approximate surface area is 115 Å². The molecule has 1 rings (SSSR count). The summed E-state index contributed by atoms with van der Waals surface area (Å²) in [5, 5.41) is 0. The Morgan fingerprint density at radius 2 is 1.95 bits per heavy atom. The highest BCUT2D eigenvalue weighted by Gasteiger charge is 2.31. The maximum atomic E-state index is 11.9. The van der Waals surface area contributed by atoms with E-state index in [4.69, 9.17) is 0 Å². The quantitative estimate of drug-likeness (QED) is 0.428. The molecule has 20 heavy (non-hydrogen) atoms. The van der Waals surface area contributed by atoms with E-state index in [0.717, 1.165) is 6.08 Å². The normalized spacial score (nSPS) is 15.9. The van der Waals surface area contributed by atoms with Crippen LogP contribution < -0.4 is 0 Å². The van der Waals surface area contributed by atoms with Crippen molar-refractivity contribution in [2.75, 3.05) is 20.2 Å². The molecule has 0 saturated carbocycles. The summed E-state index contributed by atoms with van der Waals surface area (Å²) >= 11 is 0. The van der Waals surface area contributed by atoms with Crippen LogP contribution in [-0.4, -0.2) is 37.4 Å². The van der Waals surface area contributed by atoms with Gasteiger partial charge in [0.1, 0.15) is 5.76 Å². The van der Waals surface area contributed by atoms with E-state index in [0.29, 0.717) is 25.2 Å². The number of methoxy groups -OCH3 is 1. The lowest BCUT2D eigenvalue weighted by Crippen LogP contribution is -2.46. The van der Waals surface area contributed by atoms with E-state index in [9.17, 15) is 18.0 Å². The fourth-order valence-electron chi connectivity index (χ4n) is 1.73. The highest BCUT2D eigenvalue weighted by Crippen LogP contribution is 2.25. The molecule has 1 aliphatic heterocycles. The fourth-order valence-corrected chi connectivity index (χ4v) is 1.73. The van der Waals surface area contributed by atoms with Gasteiger partial charge >= 0.3 is 12.3 Å². The average Bonchev–Trinajstić information content (AvgIpc) is 2.27. The lowest BCUT2D eigenvalue weighted by Gasteiger charge is -2.40. The van der Waals surface area contributed by atoms with Crippen LogP contribution in [0, 0.1) is 5.92 Å². The molecule has 0 atom stereocenters. The molecular weight excluding hydrogens is 275 g/mol. The van der Waals surface area contributed by atoms with Crippen LogP contribution in [0.25, 0.3) is 0 Å². The first kappa shape index (κ1) is 16.1. The average molecular weight is 291 g/mol. The van der Waals surface area contributed by atoms with Gasteiger partial charge in [0.15, 0.2) is 0 Å². The summed E-state index contributed by atoms with van der Waals surface area (Å²) in [4.78, 5) is 12.9. The SMILES string of the molecule is C=C(/C=C\C(=C)N1CC(CC(=O)OC)C1)OC(F)(F)F. The highest BCUT2D eigenvalue weighted by molar-refractivity contribution is 5.69. The lowest BCUT2D eigenvalue weighted by atomic mass is 9.96. The number of carbonyl (C=O) groups excluding carboxylic acids is 1. The van der Waals surface area contributed by atoms with Gasteiger partial charge in [0, 0.05) is 24.7 Å². The minimum atomic E-state index is -4.74. The number of nitrogens with zero attached hydrogens (tertiary/aromatic N) is 1. The molecule has 112 valence electrons. The summed E-state index contributed by atoms with van der Waals surface area (Å²) in [6.45, 7) is 8.09. The second kappa shape index (κ2) is 6.49. The largest absolute Gasteiger partial charge is 0.573 e. The number of ether oxygens (including phenoxy) is 2. The van der Waals surface area contributed by atoms with Crippen LogP contribution in [0.4, 0.5) is 13.2 Å². The summed E-state index contributed by atoms with van der Waals surface area (Å²) in [6, 6.07) is 0. The van der Waals surface area contributed by atoms with Crippen molar-refractivity contribution in [2.45, 2.75) is 12.8 Å². The van der Waals surface area contributed by atoms with Crippen LogP contribution in [0.3, 0.4) is 0 Å².